The Morgan fingerprint density at radius 2 is 2.00 bits per heavy atom. The van der Waals surface area contributed by atoms with Crippen LogP contribution in [0.2, 0.25) is 5.02 Å². The molecule has 0 saturated carbocycles. The predicted molar refractivity (Wildman–Crippen MR) is 81.9 cm³/mol. The molecular formula is C14H13ClN2O2S. The van der Waals surface area contributed by atoms with Crippen LogP contribution < -0.4 is 10.5 Å². The monoisotopic (exact) mass is 308 g/mol. The highest BCUT2D eigenvalue weighted by Gasteiger charge is 2.15. The lowest BCUT2D eigenvalue weighted by Gasteiger charge is -2.27. The third kappa shape index (κ3) is 2.85. The minimum absolute atomic E-state index is 0.236. The van der Waals surface area contributed by atoms with Crippen LogP contribution in [0.1, 0.15) is 0 Å². The molecule has 0 spiro atoms. The number of anilines is 1. The summed E-state index contributed by atoms with van der Waals surface area (Å²) in [5.74, 6) is 0. The molecule has 0 unspecified atom stereocenters. The number of ether oxygens (including phenoxy) is 1. The second kappa shape index (κ2) is 5.91. The average molecular weight is 309 g/mol. The van der Waals surface area contributed by atoms with Crippen LogP contribution in [0.3, 0.4) is 0 Å². The number of hydrogen-bond donors (Lipinski definition) is 0. The smallest absolute Gasteiger partial charge is 0.273 e. The summed E-state index contributed by atoms with van der Waals surface area (Å²) in [6, 6.07) is 9.06. The van der Waals surface area contributed by atoms with Gasteiger partial charge in [-0.1, -0.05) is 41.1 Å². The number of nitrogens with zero attached hydrogens (tertiary/aromatic N) is 2. The Kier molecular flexibility index (Phi) is 4.00. The van der Waals surface area contributed by atoms with E-state index in [9.17, 15) is 4.79 Å². The van der Waals surface area contributed by atoms with E-state index in [1.54, 1.807) is 0 Å². The van der Waals surface area contributed by atoms with Gasteiger partial charge in [0.05, 0.1) is 13.2 Å². The minimum Gasteiger partial charge on any atom is -0.378 e. The summed E-state index contributed by atoms with van der Waals surface area (Å²) >= 11 is 7.69. The average Bonchev–Trinajstić information content (AvgIpc) is 2.48. The van der Waals surface area contributed by atoms with Crippen LogP contribution in [0.5, 0.6) is 0 Å². The van der Waals surface area contributed by atoms with Crippen LogP contribution in [0.25, 0.3) is 10.4 Å². The van der Waals surface area contributed by atoms with E-state index in [4.69, 9.17) is 16.3 Å². The summed E-state index contributed by atoms with van der Waals surface area (Å²) in [4.78, 5) is 18.9. The van der Waals surface area contributed by atoms with Crippen molar-refractivity contribution in [3.8, 4) is 10.4 Å². The Bertz CT molecular complexity index is 668. The molecule has 6 heteroatoms. The normalized spacial score (nSPS) is 15.3. The van der Waals surface area contributed by atoms with Crippen molar-refractivity contribution in [3.05, 3.63) is 45.7 Å². The Balaban J connectivity index is 2.02. The van der Waals surface area contributed by atoms with Crippen molar-refractivity contribution in [1.82, 2.24) is 4.98 Å². The van der Waals surface area contributed by atoms with Gasteiger partial charge in [-0.15, -0.1) is 0 Å². The molecule has 1 saturated heterocycles. The summed E-state index contributed by atoms with van der Waals surface area (Å²) in [6.45, 7) is 2.85. The molecule has 2 heterocycles. The quantitative estimate of drug-likeness (QED) is 0.855. The Morgan fingerprint density at radius 3 is 2.75 bits per heavy atom. The Hall–Kier alpha value is -1.43. The van der Waals surface area contributed by atoms with Crippen molar-refractivity contribution in [3.63, 3.8) is 0 Å². The van der Waals surface area contributed by atoms with Crippen LogP contribution in [0.15, 0.2) is 35.1 Å². The molecule has 1 aromatic heterocycles. The predicted octanol–water partition coefficient (Wildman–Crippen LogP) is 2.66. The SMILES string of the molecule is O=c1cc(-c2ccccc2Cl)sc(N2CCOCC2)n1. The highest BCUT2D eigenvalue weighted by Crippen LogP contribution is 2.32. The molecule has 0 bridgehead atoms. The maximum absolute atomic E-state index is 11.8. The number of morpholine rings is 1. The Morgan fingerprint density at radius 1 is 1.25 bits per heavy atom. The van der Waals surface area contributed by atoms with E-state index in [0.29, 0.717) is 18.2 Å². The molecule has 1 fully saturated rings. The molecule has 2 aromatic rings. The molecule has 0 aliphatic carbocycles. The van der Waals surface area contributed by atoms with Crippen molar-refractivity contribution < 1.29 is 4.74 Å². The zero-order valence-electron chi connectivity index (χ0n) is 10.7. The van der Waals surface area contributed by atoms with Gasteiger partial charge in [0, 0.05) is 34.6 Å². The summed E-state index contributed by atoms with van der Waals surface area (Å²) in [5, 5.41) is 1.37. The van der Waals surface area contributed by atoms with E-state index in [2.05, 4.69) is 9.88 Å². The second-order valence-electron chi connectivity index (χ2n) is 4.42. The zero-order valence-corrected chi connectivity index (χ0v) is 12.3. The molecule has 1 aromatic carbocycles. The third-order valence-electron chi connectivity index (χ3n) is 3.08. The molecule has 4 nitrogen and oxygen atoms in total. The summed E-state index contributed by atoms with van der Waals surface area (Å²) in [6.07, 6.45) is 0. The zero-order chi connectivity index (χ0) is 13.9. The maximum Gasteiger partial charge on any atom is 0.273 e. The number of hydrogen-bond acceptors (Lipinski definition) is 5. The van der Waals surface area contributed by atoms with Crippen molar-refractivity contribution in [2.24, 2.45) is 0 Å². The van der Waals surface area contributed by atoms with Crippen LogP contribution in [0.4, 0.5) is 5.13 Å². The summed E-state index contributed by atoms with van der Waals surface area (Å²) in [7, 11) is 0. The molecule has 104 valence electrons. The van der Waals surface area contributed by atoms with E-state index in [0.717, 1.165) is 28.7 Å². The van der Waals surface area contributed by atoms with Crippen molar-refractivity contribution in [2.45, 2.75) is 0 Å². The molecular weight excluding hydrogens is 296 g/mol. The first-order chi connectivity index (χ1) is 9.74. The number of rotatable bonds is 2. The molecule has 0 atom stereocenters. The standard InChI is InChI=1S/C14H13ClN2O2S/c15-11-4-2-1-3-10(11)12-9-13(18)16-14(20-12)17-5-7-19-8-6-17/h1-4,9H,5-8H2. The van der Waals surface area contributed by atoms with Gasteiger partial charge in [0.2, 0.25) is 0 Å². The Labute approximate surface area is 125 Å². The molecule has 20 heavy (non-hydrogen) atoms. The van der Waals surface area contributed by atoms with Gasteiger partial charge in [-0.3, -0.25) is 4.79 Å². The van der Waals surface area contributed by atoms with E-state index >= 15 is 0 Å². The first kappa shape index (κ1) is 13.5. The highest BCUT2D eigenvalue weighted by molar-refractivity contribution is 7.18. The van der Waals surface area contributed by atoms with Gasteiger partial charge in [0.1, 0.15) is 0 Å². The van der Waals surface area contributed by atoms with Gasteiger partial charge in [0.15, 0.2) is 5.13 Å². The molecule has 0 N–H and O–H groups in total. The molecule has 0 amide bonds. The van der Waals surface area contributed by atoms with Crippen LogP contribution >= 0.6 is 22.9 Å². The molecule has 3 rings (SSSR count). The van der Waals surface area contributed by atoms with E-state index in [-0.39, 0.29) is 5.56 Å². The first-order valence-corrected chi connectivity index (χ1v) is 7.53. The fourth-order valence-corrected chi connectivity index (χ4v) is 3.46. The largest absolute Gasteiger partial charge is 0.378 e. The molecule has 1 aliphatic heterocycles. The van der Waals surface area contributed by atoms with Crippen molar-refractivity contribution >= 4 is 28.1 Å². The minimum atomic E-state index is -0.236. The second-order valence-corrected chi connectivity index (χ2v) is 5.84. The van der Waals surface area contributed by atoms with Crippen LogP contribution in [-0.4, -0.2) is 31.3 Å². The van der Waals surface area contributed by atoms with E-state index in [1.165, 1.54) is 17.4 Å². The summed E-state index contributed by atoms with van der Waals surface area (Å²) in [5.41, 5.74) is 0.633. The van der Waals surface area contributed by atoms with Crippen LogP contribution in [-0.2, 0) is 4.74 Å². The number of halogens is 1. The fraction of sp³-hybridized carbons (Fsp3) is 0.286. The van der Waals surface area contributed by atoms with Gasteiger partial charge >= 0.3 is 0 Å². The van der Waals surface area contributed by atoms with Crippen LogP contribution in [0, 0.1) is 0 Å². The third-order valence-corrected chi connectivity index (χ3v) is 4.50. The number of benzene rings is 1. The molecule has 1 aliphatic rings. The fourth-order valence-electron chi connectivity index (χ4n) is 2.07. The van der Waals surface area contributed by atoms with Gasteiger partial charge in [-0.25, -0.2) is 0 Å². The van der Waals surface area contributed by atoms with Crippen molar-refractivity contribution in [1.29, 1.82) is 0 Å². The maximum atomic E-state index is 11.8. The lowest BCUT2D eigenvalue weighted by atomic mass is 10.2. The van der Waals surface area contributed by atoms with E-state index < -0.39 is 0 Å². The van der Waals surface area contributed by atoms with Gasteiger partial charge in [-0.05, 0) is 6.07 Å². The molecule has 0 radical (unpaired) electrons. The lowest BCUT2D eigenvalue weighted by molar-refractivity contribution is 0.122. The topological polar surface area (TPSA) is 42.4 Å². The van der Waals surface area contributed by atoms with Gasteiger partial charge in [-0.2, -0.15) is 4.98 Å². The summed E-state index contributed by atoms with van der Waals surface area (Å²) < 4.78 is 5.32. The highest BCUT2D eigenvalue weighted by atomic mass is 35.5. The van der Waals surface area contributed by atoms with Crippen molar-refractivity contribution in [2.75, 3.05) is 31.2 Å². The van der Waals surface area contributed by atoms with Gasteiger partial charge in [0.25, 0.3) is 5.56 Å². The first-order valence-electron chi connectivity index (χ1n) is 6.34. The lowest BCUT2D eigenvalue weighted by Crippen LogP contribution is -2.37. The van der Waals surface area contributed by atoms with E-state index in [1.807, 2.05) is 24.3 Å². The van der Waals surface area contributed by atoms with Gasteiger partial charge < -0.3 is 9.64 Å². The number of aromatic nitrogens is 1.